The number of hydrogen-bond acceptors (Lipinski definition) is 4. The Morgan fingerprint density at radius 1 is 1.32 bits per heavy atom. The van der Waals surface area contributed by atoms with E-state index >= 15 is 0 Å². The lowest BCUT2D eigenvalue weighted by Crippen LogP contribution is -2.52. The summed E-state index contributed by atoms with van der Waals surface area (Å²) in [6.07, 6.45) is 0.816. The van der Waals surface area contributed by atoms with Gasteiger partial charge in [0.25, 0.3) is 0 Å². The Labute approximate surface area is 157 Å². The molecule has 2 aromatic rings. The molecule has 1 amide bonds. The maximum absolute atomic E-state index is 12.5. The van der Waals surface area contributed by atoms with Crippen LogP contribution in [-0.2, 0) is 11.2 Å². The predicted octanol–water partition coefficient (Wildman–Crippen LogP) is 2.71. The molecule has 7 heteroatoms. The summed E-state index contributed by atoms with van der Waals surface area (Å²) in [5, 5.41) is 21.3. The first-order chi connectivity index (χ1) is 12.0. The highest BCUT2D eigenvalue weighted by Crippen LogP contribution is 2.26. The van der Waals surface area contributed by atoms with Crippen LogP contribution in [0.4, 0.5) is 0 Å². The van der Waals surface area contributed by atoms with Crippen LogP contribution in [0.15, 0.2) is 29.6 Å². The van der Waals surface area contributed by atoms with Crippen molar-refractivity contribution in [3.63, 3.8) is 0 Å². The molecule has 0 saturated carbocycles. The van der Waals surface area contributed by atoms with Crippen molar-refractivity contribution in [3.8, 4) is 6.07 Å². The van der Waals surface area contributed by atoms with Gasteiger partial charge in [0, 0.05) is 23.7 Å². The van der Waals surface area contributed by atoms with Gasteiger partial charge in [-0.15, -0.1) is 11.3 Å². The lowest BCUT2D eigenvalue weighted by atomic mass is 10.0. The third-order valence-electron chi connectivity index (χ3n) is 3.56. The van der Waals surface area contributed by atoms with Crippen molar-refractivity contribution in [1.29, 1.82) is 5.26 Å². The summed E-state index contributed by atoms with van der Waals surface area (Å²) in [5.41, 5.74) is 1.11. The number of benzene rings is 1. The zero-order chi connectivity index (χ0) is 18.2. The molecule has 3 N–H and O–H groups in total. The van der Waals surface area contributed by atoms with E-state index in [-0.39, 0.29) is 18.4 Å². The van der Waals surface area contributed by atoms with Crippen LogP contribution in [-0.4, -0.2) is 29.6 Å². The van der Waals surface area contributed by atoms with Crippen LogP contribution in [0.5, 0.6) is 0 Å². The van der Waals surface area contributed by atoms with E-state index in [1.165, 1.54) is 4.70 Å². The molecule has 0 bridgehead atoms. The summed E-state index contributed by atoms with van der Waals surface area (Å²) in [4.78, 5) is 12.5. The zero-order valence-electron chi connectivity index (χ0n) is 14.3. The summed E-state index contributed by atoms with van der Waals surface area (Å²) in [6.45, 7) is 4.31. The van der Waals surface area contributed by atoms with E-state index < -0.39 is 6.04 Å². The van der Waals surface area contributed by atoms with Crippen LogP contribution in [0.2, 0.25) is 0 Å². The van der Waals surface area contributed by atoms with E-state index in [9.17, 15) is 4.79 Å². The molecule has 0 spiro atoms. The Balaban J connectivity index is 2.14. The zero-order valence-corrected chi connectivity index (χ0v) is 16.0. The molecule has 0 aliphatic rings. The van der Waals surface area contributed by atoms with Crippen molar-refractivity contribution in [2.24, 2.45) is 0 Å². The standard InChI is InChI=1S/C18H22N4OS2/c1-12(2)21-18(24)22-15(17(23)20-9-5-8-19)10-13-11-25-16-7-4-3-6-14(13)16/h3-4,6-7,11-12,15H,5,9-10H2,1-2H3,(H,20,23)(H2,21,22,24). The topological polar surface area (TPSA) is 76.9 Å². The minimum Gasteiger partial charge on any atom is -0.361 e. The Morgan fingerprint density at radius 3 is 2.80 bits per heavy atom. The van der Waals surface area contributed by atoms with Crippen LogP contribution in [0.25, 0.3) is 10.1 Å². The second-order valence-electron chi connectivity index (χ2n) is 5.99. The van der Waals surface area contributed by atoms with Gasteiger partial charge in [0.05, 0.1) is 12.5 Å². The van der Waals surface area contributed by atoms with Crippen molar-refractivity contribution in [2.45, 2.75) is 38.8 Å². The fourth-order valence-electron chi connectivity index (χ4n) is 2.45. The quantitative estimate of drug-likeness (QED) is 0.513. The van der Waals surface area contributed by atoms with Crippen molar-refractivity contribution in [3.05, 3.63) is 35.2 Å². The third kappa shape index (κ3) is 5.69. The fraction of sp³-hybridized carbons (Fsp3) is 0.389. The van der Waals surface area contributed by atoms with Crippen molar-refractivity contribution in [2.75, 3.05) is 6.54 Å². The van der Waals surface area contributed by atoms with Gasteiger partial charge < -0.3 is 16.0 Å². The molecule has 2 rings (SSSR count). The number of rotatable bonds is 7. The van der Waals surface area contributed by atoms with Gasteiger partial charge >= 0.3 is 0 Å². The van der Waals surface area contributed by atoms with Crippen LogP contribution >= 0.6 is 23.6 Å². The number of thiophene rings is 1. The third-order valence-corrected chi connectivity index (χ3v) is 4.81. The molecule has 25 heavy (non-hydrogen) atoms. The first-order valence-corrected chi connectivity index (χ1v) is 9.47. The second kappa shape index (κ2) is 9.35. The minimum absolute atomic E-state index is 0.154. The van der Waals surface area contributed by atoms with E-state index in [1.54, 1.807) is 11.3 Å². The largest absolute Gasteiger partial charge is 0.361 e. The lowest BCUT2D eigenvalue weighted by molar-refractivity contribution is -0.122. The Bertz CT molecular complexity index is 779. The van der Waals surface area contributed by atoms with Gasteiger partial charge in [-0.05, 0) is 48.5 Å². The van der Waals surface area contributed by atoms with Crippen LogP contribution in [0.1, 0.15) is 25.8 Å². The number of amides is 1. The highest BCUT2D eigenvalue weighted by Gasteiger charge is 2.21. The maximum atomic E-state index is 12.5. The number of hydrogen-bond donors (Lipinski definition) is 3. The molecule has 132 valence electrons. The number of fused-ring (bicyclic) bond motifs is 1. The van der Waals surface area contributed by atoms with Gasteiger partial charge in [-0.25, -0.2) is 0 Å². The van der Waals surface area contributed by atoms with E-state index in [1.807, 2.05) is 32.0 Å². The molecule has 1 atom stereocenters. The molecule has 1 aromatic carbocycles. The summed E-state index contributed by atoms with van der Waals surface area (Å²) in [6, 6.07) is 9.87. The van der Waals surface area contributed by atoms with Gasteiger partial charge in [0.15, 0.2) is 5.11 Å². The van der Waals surface area contributed by atoms with Crippen LogP contribution in [0.3, 0.4) is 0 Å². The van der Waals surface area contributed by atoms with Crippen molar-refractivity contribution < 1.29 is 4.79 Å². The average molecular weight is 375 g/mol. The molecule has 0 aliphatic carbocycles. The maximum Gasteiger partial charge on any atom is 0.242 e. The Morgan fingerprint density at radius 2 is 2.08 bits per heavy atom. The minimum atomic E-state index is -0.490. The smallest absolute Gasteiger partial charge is 0.242 e. The fourth-order valence-corrected chi connectivity index (χ4v) is 3.80. The van der Waals surface area contributed by atoms with Gasteiger partial charge in [-0.3, -0.25) is 4.79 Å². The number of nitrogens with one attached hydrogen (secondary N) is 3. The molecule has 5 nitrogen and oxygen atoms in total. The molecule has 0 radical (unpaired) electrons. The van der Waals surface area contributed by atoms with E-state index in [4.69, 9.17) is 17.5 Å². The van der Waals surface area contributed by atoms with Gasteiger partial charge in [-0.2, -0.15) is 5.26 Å². The Hall–Kier alpha value is -2.17. The second-order valence-corrected chi connectivity index (χ2v) is 7.30. The summed E-state index contributed by atoms with van der Waals surface area (Å²) >= 11 is 6.97. The van der Waals surface area contributed by atoms with Crippen LogP contribution in [0, 0.1) is 11.3 Å². The molecule has 1 heterocycles. The number of carbonyl (C=O) groups excluding carboxylic acids is 1. The van der Waals surface area contributed by atoms with Gasteiger partial charge in [0.1, 0.15) is 6.04 Å². The number of nitrogens with zero attached hydrogens (tertiary/aromatic N) is 1. The normalized spacial score (nSPS) is 11.8. The number of carbonyl (C=O) groups is 1. The highest BCUT2D eigenvalue weighted by atomic mass is 32.1. The van der Waals surface area contributed by atoms with E-state index in [0.717, 1.165) is 10.9 Å². The monoisotopic (exact) mass is 374 g/mol. The first kappa shape index (κ1) is 19.2. The molecule has 0 saturated heterocycles. The number of thiocarbonyl (C=S) groups is 1. The number of nitriles is 1. The molecule has 0 aliphatic heterocycles. The summed E-state index contributed by atoms with van der Waals surface area (Å²) < 4.78 is 1.20. The van der Waals surface area contributed by atoms with Gasteiger partial charge in [0.2, 0.25) is 5.91 Å². The first-order valence-electron chi connectivity index (χ1n) is 8.18. The van der Waals surface area contributed by atoms with E-state index in [0.29, 0.717) is 18.1 Å². The van der Waals surface area contributed by atoms with Crippen molar-refractivity contribution >= 4 is 44.7 Å². The molecular weight excluding hydrogens is 352 g/mol. The predicted molar refractivity (Wildman–Crippen MR) is 107 cm³/mol. The lowest BCUT2D eigenvalue weighted by Gasteiger charge is -2.21. The highest BCUT2D eigenvalue weighted by molar-refractivity contribution is 7.80. The summed E-state index contributed by atoms with van der Waals surface area (Å²) in [7, 11) is 0. The molecule has 0 fully saturated rings. The molecular formula is C18H22N4OS2. The Kier molecular flexibility index (Phi) is 7.16. The average Bonchev–Trinajstić information content (AvgIpc) is 2.97. The van der Waals surface area contributed by atoms with E-state index in [2.05, 4.69) is 33.5 Å². The molecule has 1 aromatic heterocycles. The van der Waals surface area contributed by atoms with Crippen LogP contribution < -0.4 is 16.0 Å². The van der Waals surface area contributed by atoms with Crippen molar-refractivity contribution in [1.82, 2.24) is 16.0 Å². The SMILES string of the molecule is CC(C)NC(=S)NC(Cc1csc2ccccc12)C(=O)NCCC#N. The van der Waals surface area contributed by atoms with Gasteiger partial charge in [-0.1, -0.05) is 18.2 Å². The summed E-state index contributed by atoms with van der Waals surface area (Å²) in [5.74, 6) is -0.154. The molecule has 1 unspecified atom stereocenters.